The quantitative estimate of drug-likeness (QED) is 0.602. The van der Waals surface area contributed by atoms with Crippen LogP contribution >= 0.6 is 50.7 Å². The molecule has 0 nitrogen and oxygen atoms in total. The fourth-order valence-electron chi connectivity index (χ4n) is 1.97. The predicted octanol–water partition coefficient (Wildman–Crippen LogP) is 4.91. The predicted molar refractivity (Wildman–Crippen MR) is 68.9 cm³/mol. The molecule has 0 amide bonds. The molecular formula is C10H14BrCl3. The lowest BCUT2D eigenvalue weighted by Crippen LogP contribution is -2.46. The summed E-state index contributed by atoms with van der Waals surface area (Å²) in [6.45, 7) is 4.14. The van der Waals surface area contributed by atoms with Gasteiger partial charge in [-0.1, -0.05) is 40.5 Å². The van der Waals surface area contributed by atoms with Gasteiger partial charge in [0.05, 0.1) is 4.87 Å². The number of hydrogen-bond donors (Lipinski definition) is 0. The van der Waals surface area contributed by atoms with Crippen molar-refractivity contribution in [3.05, 3.63) is 11.6 Å². The summed E-state index contributed by atoms with van der Waals surface area (Å²) in [5.74, 6) is 0. The Morgan fingerprint density at radius 1 is 1.43 bits per heavy atom. The van der Waals surface area contributed by atoms with Crippen molar-refractivity contribution >= 4 is 50.7 Å². The topological polar surface area (TPSA) is 0 Å². The first-order valence-corrected chi connectivity index (χ1v) is 6.73. The zero-order valence-corrected chi connectivity index (χ0v) is 12.1. The van der Waals surface area contributed by atoms with Gasteiger partial charge in [0.1, 0.15) is 0 Å². The molecule has 1 aliphatic carbocycles. The van der Waals surface area contributed by atoms with Gasteiger partial charge in [0, 0.05) is 21.2 Å². The smallest absolute Gasteiger partial charge is 0.0552 e. The lowest BCUT2D eigenvalue weighted by Gasteiger charge is -2.45. The SMILES string of the molecule is C[C@]1(Cl)C[C@](C)(/C=C/Cl)[C@@H](Cl)C[C@H]1Br. The van der Waals surface area contributed by atoms with Crippen LogP contribution in [0.1, 0.15) is 26.7 Å². The molecule has 0 saturated heterocycles. The van der Waals surface area contributed by atoms with E-state index in [-0.39, 0.29) is 20.5 Å². The second-order valence-electron chi connectivity index (χ2n) is 4.42. The van der Waals surface area contributed by atoms with E-state index in [0.29, 0.717) is 0 Å². The third kappa shape index (κ3) is 2.61. The molecule has 0 N–H and O–H groups in total. The van der Waals surface area contributed by atoms with Crippen LogP contribution in [0.5, 0.6) is 0 Å². The van der Waals surface area contributed by atoms with E-state index in [1.165, 1.54) is 5.54 Å². The maximum Gasteiger partial charge on any atom is 0.0552 e. The van der Waals surface area contributed by atoms with E-state index < -0.39 is 0 Å². The highest BCUT2D eigenvalue weighted by molar-refractivity contribution is 9.09. The van der Waals surface area contributed by atoms with Crippen LogP contribution in [-0.2, 0) is 0 Å². The highest BCUT2D eigenvalue weighted by atomic mass is 79.9. The average molecular weight is 320 g/mol. The van der Waals surface area contributed by atoms with E-state index in [4.69, 9.17) is 34.8 Å². The molecule has 14 heavy (non-hydrogen) atoms. The number of alkyl halides is 3. The molecule has 0 spiro atoms. The summed E-state index contributed by atoms with van der Waals surface area (Å²) in [6.07, 6.45) is 3.64. The molecule has 1 rings (SSSR count). The summed E-state index contributed by atoms with van der Waals surface area (Å²) in [4.78, 5) is 0.00672. The van der Waals surface area contributed by atoms with Crippen molar-refractivity contribution in [3.63, 3.8) is 0 Å². The van der Waals surface area contributed by atoms with Crippen LogP contribution in [0.25, 0.3) is 0 Å². The van der Waals surface area contributed by atoms with Crippen LogP contribution in [0.15, 0.2) is 11.6 Å². The second kappa shape index (κ2) is 4.53. The summed E-state index contributed by atoms with van der Waals surface area (Å²) < 4.78 is 0. The maximum atomic E-state index is 6.43. The molecule has 1 aliphatic rings. The molecule has 4 atom stereocenters. The van der Waals surface area contributed by atoms with Gasteiger partial charge in [0.2, 0.25) is 0 Å². The fourth-order valence-corrected chi connectivity index (χ4v) is 3.71. The van der Waals surface area contributed by atoms with Gasteiger partial charge < -0.3 is 0 Å². The number of halogens is 4. The number of allylic oxidation sites excluding steroid dienone is 1. The zero-order chi connectivity index (χ0) is 11.0. The Balaban J connectivity index is 2.89. The van der Waals surface area contributed by atoms with E-state index >= 15 is 0 Å². The Kier molecular flexibility index (Phi) is 4.26. The van der Waals surface area contributed by atoms with Gasteiger partial charge in [-0.2, -0.15) is 0 Å². The molecule has 0 aliphatic heterocycles. The molecular weight excluding hydrogens is 306 g/mol. The monoisotopic (exact) mass is 318 g/mol. The van der Waals surface area contributed by atoms with Crippen molar-refractivity contribution < 1.29 is 0 Å². The van der Waals surface area contributed by atoms with Crippen LogP contribution < -0.4 is 0 Å². The largest absolute Gasteiger partial charge is 0.122 e. The van der Waals surface area contributed by atoms with Crippen LogP contribution in [0, 0.1) is 5.41 Å². The third-order valence-electron chi connectivity index (χ3n) is 2.95. The fraction of sp³-hybridized carbons (Fsp3) is 0.800. The van der Waals surface area contributed by atoms with E-state index in [0.717, 1.165) is 12.8 Å². The molecule has 82 valence electrons. The van der Waals surface area contributed by atoms with Crippen LogP contribution in [-0.4, -0.2) is 15.1 Å². The molecule has 1 saturated carbocycles. The molecule has 0 unspecified atom stereocenters. The zero-order valence-electron chi connectivity index (χ0n) is 8.24. The Hall–Kier alpha value is 1.09. The summed E-state index contributed by atoms with van der Waals surface area (Å²) >= 11 is 22.0. The van der Waals surface area contributed by atoms with E-state index in [1.54, 1.807) is 0 Å². The highest BCUT2D eigenvalue weighted by Crippen LogP contribution is 2.50. The molecule has 0 radical (unpaired) electrons. The van der Waals surface area contributed by atoms with Crippen molar-refractivity contribution in [2.45, 2.75) is 41.8 Å². The number of rotatable bonds is 1. The standard InChI is InChI=1S/C10H14BrCl3/c1-9(3-4-12)6-10(2,14)7(11)5-8(9)13/h3-4,7-8H,5-6H2,1-2H3/b4-3+/t7-,8+,9+,10+/m1/s1. The molecule has 0 aromatic carbocycles. The maximum absolute atomic E-state index is 6.43. The first-order chi connectivity index (χ1) is 6.32. The van der Waals surface area contributed by atoms with Gasteiger partial charge in [-0.05, 0) is 19.8 Å². The van der Waals surface area contributed by atoms with Gasteiger partial charge >= 0.3 is 0 Å². The van der Waals surface area contributed by atoms with Crippen molar-refractivity contribution in [2.24, 2.45) is 5.41 Å². The van der Waals surface area contributed by atoms with Crippen LogP contribution in [0.4, 0.5) is 0 Å². The van der Waals surface area contributed by atoms with Gasteiger partial charge in [-0.25, -0.2) is 0 Å². The minimum atomic E-state index is -0.253. The molecule has 0 aromatic heterocycles. The number of hydrogen-bond acceptors (Lipinski definition) is 0. The minimum absolute atomic E-state index is 0.0775. The van der Waals surface area contributed by atoms with Gasteiger partial charge in [-0.3, -0.25) is 0 Å². The molecule has 4 heteroatoms. The Morgan fingerprint density at radius 3 is 2.50 bits per heavy atom. The van der Waals surface area contributed by atoms with Crippen molar-refractivity contribution in [1.82, 2.24) is 0 Å². The van der Waals surface area contributed by atoms with Gasteiger partial charge in [-0.15, -0.1) is 23.2 Å². The van der Waals surface area contributed by atoms with Crippen molar-refractivity contribution in [1.29, 1.82) is 0 Å². The normalized spacial score (nSPS) is 49.9. The Morgan fingerprint density at radius 2 is 2.00 bits per heavy atom. The first-order valence-electron chi connectivity index (χ1n) is 4.57. The van der Waals surface area contributed by atoms with Crippen LogP contribution in [0.3, 0.4) is 0 Å². The molecule has 0 bridgehead atoms. The summed E-state index contributed by atoms with van der Waals surface area (Å²) in [6, 6.07) is 0. The van der Waals surface area contributed by atoms with Crippen molar-refractivity contribution in [2.75, 3.05) is 0 Å². The highest BCUT2D eigenvalue weighted by Gasteiger charge is 2.47. The lowest BCUT2D eigenvalue weighted by atomic mass is 9.70. The second-order valence-corrected chi connectivity index (χ2v) is 7.17. The van der Waals surface area contributed by atoms with Crippen LogP contribution in [0.2, 0.25) is 0 Å². The van der Waals surface area contributed by atoms with E-state index in [1.807, 2.05) is 13.0 Å². The lowest BCUT2D eigenvalue weighted by molar-refractivity contribution is 0.258. The summed E-state index contributed by atoms with van der Waals surface area (Å²) in [7, 11) is 0. The third-order valence-corrected chi connectivity index (χ3v) is 5.80. The first kappa shape index (κ1) is 13.2. The Labute approximate surface area is 109 Å². The minimum Gasteiger partial charge on any atom is -0.122 e. The molecule has 0 aromatic rings. The van der Waals surface area contributed by atoms with E-state index in [9.17, 15) is 0 Å². The average Bonchev–Trinajstić information content (AvgIpc) is 2.01. The Bertz CT molecular complexity index is 240. The molecule has 0 heterocycles. The summed E-state index contributed by atoms with van der Waals surface area (Å²) in [5.41, 5.74) is 1.43. The van der Waals surface area contributed by atoms with Crippen molar-refractivity contribution in [3.8, 4) is 0 Å². The molecule has 1 fully saturated rings. The summed E-state index contributed by atoms with van der Waals surface area (Å²) in [5, 5.41) is 0.0775. The van der Waals surface area contributed by atoms with Gasteiger partial charge in [0.25, 0.3) is 0 Å². The van der Waals surface area contributed by atoms with Gasteiger partial charge in [0.15, 0.2) is 0 Å². The van der Waals surface area contributed by atoms with E-state index in [2.05, 4.69) is 22.9 Å².